The van der Waals surface area contributed by atoms with Crippen molar-refractivity contribution in [3.05, 3.63) is 170 Å². The molecule has 0 rings (SSSR count). The van der Waals surface area contributed by atoms with Crippen molar-refractivity contribution in [1.82, 2.24) is 0 Å². The molecule has 0 aromatic rings. The molecule has 0 aliphatic heterocycles. The van der Waals surface area contributed by atoms with Crippen molar-refractivity contribution >= 4 is 39.5 Å². The summed E-state index contributed by atoms with van der Waals surface area (Å²) in [7, 11) is -10.0. The number of carbonyl (C=O) groups excluding carboxylic acids is 4. The molecule has 3 N–H and O–H groups in total. The van der Waals surface area contributed by atoms with Gasteiger partial charge in [0.05, 0.1) is 32.8 Å². The van der Waals surface area contributed by atoms with Gasteiger partial charge in [0.2, 0.25) is 0 Å². The molecule has 5 atom stereocenters. The van der Waals surface area contributed by atoms with E-state index in [-0.39, 0.29) is 25.7 Å². The third-order valence-electron chi connectivity index (χ3n) is 13.7. The maximum Gasteiger partial charge on any atom is 0.472 e. The number of phosphoric acid groups is 2. The summed E-state index contributed by atoms with van der Waals surface area (Å²) in [5.74, 6) is -2.45. The zero-order valence-electron chi connectivity index (χ0n) is 58.7. The first-order valence-electron chi connectivity index (χ1n) is 35.4. The van der Waals surface area contributed by atoms with Crippen LogP contribution in [0, 0.1) is 0 Å². The lowest BCUT2D eigenvalue weighted by atomic mass is 10.1. The van der Waals surface area contributed by atoms with E-state index in [1.165, 1.54) is 6.42 Å². The Bertz CT molecular complexity index is 2500. The van der Waals surface area contributed by atoms with E-state index in [4.69, 9.17) is 37.0 Å². The first-order valence-corrected chi connectivity index (χ1v) is 38.4. The average molecular weight is 1380 g/mol. The van der Waals surface area contributed by atoms with Gasteiger partial charge in [0, 0.05) is 19.3 Å². The standard InChI is InChI=1S/C77H122O17P2/c1-5-9-13-17-21-25-29-32-35-38-42-45-49-53-57-61-74(79)87-67-72(93-76(81)63-59-55-51-47-41-28-24-20-16-12-8-4)69-91-95(83,84)89-65-71(78)66-90-96(85,86)92-70-73(94-77(82)64-60-56-52-48-44-40-37-34-31-27-23-19-15-11-7-3)68-88-75(80)62-58-54-50-46-43-39-36-33-30-26-22-18-14-10-6-2/h9-11,13-15,20-27,32-37,42-46,48,54,58,71-73,78H,5-8,12,16-19,28-31,38-41,47,49-53,55-57,59-70H2,1-4H3,(H,83,84)(H,85,86)/b13-9-,14-10-,15-11-,24-20-,25-21-,26-22-,27-23-,35-32-,36-33-,37-34-,45-42-,46-43-,48-44-,58-54-. The number of aliphatic hydroxyl groups is 1. The molecule has 0 aliphatic rings. The Morgan fingerprint density at radius 3 is 0.958 bits per heavy atom. The fourth-order valence-electron chi connectivity index (χ4n) is 8.37. The molecule has 0 saturated heterocycles. The van der Waals surface area contributed by atoms with Crippen LogP contribution in [-0.4, -0.2) is 96.7 Å². The number of hydrogen-bond donors (Lipinski definition) is 3. The molecule has 5 unspecified atom stereocenters. The van der Waals surface area contributed by atoms with E-state index in [1.54, 1.807) is 6.08 Å². The van der Waals surface area contributed by atoms with Gasteiger partial charge in [-0.3, -0.25) is 37.3 Å². The minimum absolute atomic E-state index is 0.0157. The lowest BCUT2D eigenvalue weighted by Gasteiger charge is -2.21. The molecule has 17 nitrogen and oxygen atoms in total. The smallest absolute Gasteiger partial charge is 0.462 e. The number of phosphoric ester groups is 2. The fourth-order valence-corrected chi connectivity index (χ4v) is 9.95. The first kappa shape index (κ1) is 90.4. The van der Waals surface area contributed by atoms with Crippen LogP contribution >= 0.6 is 15.6 Å². The summed E-state index contributed by atoms with van der Waals surface area (Å²) in [4.78, 5) is 72.5. The summed E-state index contributed by atoms with van der Waals surface area (Å²) in [6.45, 7) is 4.20. The highest BCUT2D eigenvalue weighted by molar-refractivity contribution is 7.47. The molecule has 542 valence electrons. The molecule has 19 heteroatoms. The van der Waals surface area contributed by atoms with Crippen LogP contribution in [0.3, 0.4) is 0 Å². The maximum absolute atomic E-state index is 13.0. The molecule has 0 heterocycles. The van der Waals surface area contributed by atoms with Crippen LogP contribution in [0.15, 0.2) is 170 Å². The van der Waals surface area contributed by atoms with Crippen molar-refractivity contribution in [2.45, 2.75) is 251 Å². The third-order valence-corrected chi connectivity index (χ3v) is 15.6. The summed E-state index contributed by atoms with van der Waals surface area (Å²) >= 11 is 0. The molecular formula is C77H122O17P2. The van der Waals surface area contributed by atoms with Crippen LogP contribution in [0.4, 0.5) is 0 Å². The van der Waals surface area contributed by atoms with Gasteiger partial charge in [-0.1, -0.05) is 230 Å². The molecular weight excluding hydrogens is 1260 g/mol. The van der Waals surface area contributed by atoms with Crippen molar-refractivity contribution < 1.29 is 80.2 Å². The number of aliphatic hydroxyl groups excluding tert-OH is 1. The van der Waals surface area contributed by atoms with Crippen molar-refractivity contribution in [3.63, 3.8) is 0 Å². The minimum Gasteiger partial charge on any atom is -0.462 e. The molecule has 0 amide bonds. The van der Waals surface area contributed by atoms with Gasteiger partial charge >= 0.3 is 39.5 Å². The molecule has 96 heavy (non-hydrogen) atoms. The normalized spacial score (nSPS) is 15.0. The Morgan fingerprint density at radius 2 is 0.583 bits per heavy atom. The monoisotopic (exact) mass is 1380 g/mol. The molecule has 0 aromatic heterocycles. The van der Waals surface area contributed by atoms with Gasteiger partial charge in [-0.25, -0.2) is 9.13 Å². The van der Waals surface area contributed by atoms with Crippen molar-refractivity contribution in [3.8, 4) is 0 Å². The van der Waals surface area contributed by atoms with Crippen LogP contribution < -0.4 is 0 Å². The zero-order chi connectivity index (χ0) is 70.4. The molecule has 0 spiro atoms. The van der Waals surface area contributed by atoms with Gasteiger partial charge < -0.3 is 33.8 Å². The summed E-state index contributed by atoms with van der Waals surface area (Å²) in [6.07, 6.45) is 78.4. The van der Waals surface area contributed by atoms with E-state index in [0.29, 0.717) is 32.1 Å². The van der Waals surface area contributed by atoms with Crippen LogP contribution in [0.5, 0.6) is 0 Å². The van der Waals surface area contributed by atoms with Crippen molar-refractivity contribution in [2.24, 2.45) is 0 Å². The largest absolute Gasteiger partial charge is 0.472 e. The van der Waals surface area contributed by atoms with E-state index in [1.807, 2.05) is 24.3 Å². The number of carbonyl (C=O) groups is 4. The van der Waals surface area contributed by atoms with E-state index in [0.717, 1.165) is 141 Å². The molecule has 0 fully saturated rings. The van der Waals surface area contributed by atoms with Gasteiger partial charge in [0.15, 0.2) is 12.2 Å². The number of ether oxygens (including phenoxy) is 4. The number of hydrogen-bond acceptors (Lipinski definition) is 15. The van der Waals surface area contributed by atoms with E-state index >= 15 is 0 Å². The molecule has 0 aliphatic carbocycles. The topological polar surface area (TPSA) is 237 Å². The summed E-state index contributed by atoms with van der Waals surface area (Å²) in [5.41, 5.74) is 0. The minimum atomic E-state index is -5.01. The van der Waals surface area contributed by atoms with Gasteiger partial charge in [-0.15, -0.1) is 0 Å². The predicted octanol–water partition coefficient (Wildman–Crippen LogP) is 19.9. The molecule has 0 bridgehead atoms. The van der Waals surface area contributed by atoms with Gasteiger partial charge in [0.1, 0.15) is 19.3 Å². The molecule has 0 saturated carbocycles. The van der Waals surface area contributed by atoms with E-state index < -0.39 is 97.5 Å². The van der Waals surface area contributed by atoms with E-state index in [2.05, 4.69) is 167 Å². The summed E-state index contributed by atoms with van der Waals surface area (Å²) in [5, 5.41) is 10.6. The van der Waals surface area contributed by atoms with Crippen LogP contribution in [-0.2, 0) is 65.4 Å². The third kappa shape index (κ3) is 67.0. The van der Waals surface area contributed by atoms with Gasteiger partial charge in [0.25, 0.3) is 0 Å². The fraction of sp³-hybridized carbons (Fsp3) is 0.584. The van der Waals surface area contributed by atoms with Gasteiger partial charge in [-0.2, -0.15) is 0 Å². The Balaban J connectivity index is 5.50. The quantitative estimate of drug-likeness (QED) is 0.0169. The highest BCUT2D eigenvalue weighted by Gasteiger charge is 2.30. The van der Waals surface area contributed by atoms with Crippen LogP contribution in [0.2, 0.25) is 0 Å². The number of esters is 4. The second-order valence-electron chi connectivity index (χ2n) is 22.7. The number of allylic oxidation sites excluding steroid dienone is 27. The predicted molar refractivity (Wildman–Crippen MR) is 390 cm³/mol. The van der Waals surface area contributed by atoms with Gasteiger partial charge in [-0.05, 0) is 148 Å². The van der Waals surface area contributed by atoms with Crippen molar-refractivity contribution in [2.75, 3.05) is 39.6 Å². The number of rotatable bonds is 64. The zero-order valence-corrected chi connectivity index (χ0v) is 60.5. The van der Waals surface area contributed by atoms with Crippen LogP contribution in [0.1, 0.15) is 233 Å². The van der Waals surface area contributed by atoms with Crippen molar-refractivity contribution in [1.29, 1.82) is 0 Å². The SMILES string of the molecule is CC/C=C\C/C=C\C/C=C\C/C=C\C/C=C\CC(=O)OCC(COP(=O)(O)OCC(O)COP(=O)(O)OCC(COC(=O)CCCC/C=C\C/C=C\C/C=C\C/C=C\CC)OC(=O)CCCCCCC/C=C\CCCC)OC(=O)CCCC/C=C\C/C=C\C/C=C\C/C=C\CC. The highest BCUT2D eigenvalue weighted by Crippen LogP contribution is 2.45. The molecule has 0 aromatic carbocycles. The number of unbranched alkanes of at least 4 members (excludes halogenated alkanes) is 11. The Labute approximate surface area is 578 Å². The summed E-state index contributed by atoms with van der Waals surface area (Å²) < 4.78 is 68.0. The second-order valence-corrected chi connectivity index (χ2v) is 25.6. The lowest BCUT2D eigenvalue weighted by Crippen LogP contribution is -2.30. The maximum atomic E-state index is 13.0. The lowest BCUT2D eigenvalue weighted by molar-refractivity contribution is -0.161. The highest BCUT2D eigenvalue weighted by atomic mass is 31.2. The molecule has 0 radical (unpaired) electrons. The Kier molecular flexibility index (Phi) is 64.0. The Hall–Kier alpha value is -5.58. The van der Waals surface area contributed by atoms with Crippen LogP contribution in [0.25, 0.3) is 0 Å². The Morgan fingerprint density at radius 1 is 0.312 bits per heavy atom. The average Bonchev–Trinajstić information content (AvgIpc) is 1.09. The van der Waals surface area contributed by atoms with E-state index in [9.17, 15) is 43.2 Å². The second kappa shape index (κ2) is 68.0. The first-order chi connectivity index (χ1) is 46.7. The summed E-state index contributed by atoms with van der Waals surface area (Å²) in [6, 6.07) is 0.